The van der Waals surface area contributed by atoms with Crippen LogP contribution in [0.25, 0.3) is 0 Å². The maximum atomic E-state index is 11.5. The minimum Gasteiger partial charge on any atom is -0.462 e. The Hall–Kier alpha value is -1.83. The fraction of sp³-hybridized carbons (Fsp3) is 0.231. The lowest BCUT2D eigenvalue weighted by Gasteiger charge is -2.12. The number of rotatable bonds is 4. The molecule has 0 aromatic heterocycles. The number of ether oxygens (including phenoxy) is 1. The summed E-state index contributed by atoms with van der Waals surface area (Å²) in [5.41, 5.74) is 3.07. The molecule has 0 aliphatic carbocycles. The summed E-state index contributed by atoms with van der Waals surface area (Å²) in [4.78, 5) is 11.5. The van der Waals surface area contributed by atoms with Gasteiger partial charge >= 0.3 is 5.97 Å². The SMILES string of the molecule is C=C=C(C(=O)OCC)C(O)c1ccccc1. The summed E-state index contributed by atoms with van der Waals surface area (Å²) in [6.07, 6.45) is -1.04. The number of hydrogen-bond donors (Lipinski definition) is 1. The van der Waals surface area contributed by atoms with Gasteiger partial charge in [-0.05, 0) is 12.5 Å². The predicted octanol–water partition coefficient (Wildman–Crippen LogP) is 1.99. The van der Waals surface area contributed by atoms with Crippen LogP contribution in [0.4, 0.5) is 0 Å². The molecule has 1 rings (SSSR count). The van der Waals surface area contributed by atoms with Gasteiger partial charge < -0.3 is 9.84 Å². The van der Waals surface area contributed by atoms with E-state index in [1.165, 1.54) is 0 Å². The molecular formula is C13H14O3. The third-order valence-electron chi connectivity index (χ3n) is 2.07. The molecule has 0 aliphatic heterocycles. The lowest BCUT2D eigenvalue weighted by Crippen LogP contribution is -2.13. The van der Waals surface area contributed by atoms with Gasteiger partial charge in [-0.25, -0.2) is 4.79 Å². The standard InChI is InChI=1S/C13H14O3/c1-3-11(13(15)16-4-2)12(14)10-8-6-5-7-9-10/h5-9,12,14H,1,4H2,2H3. The van der Waals surface area contributed by atoms with E-state index in [0.717, 1.165) is 0 Å². The molecule has 0 spiro atoms. The molecule has 0 radical (unpaired) electrons. The van der Waals surface area contributed by atoms with Gasteiger partial charge in [-0.2, -0.15) is 0 Å². The molecule has 0 saturated heterocycles. The third kappa shape index (κ3) is 2.83. The van der Waals surface area contributed by atoms with Gasteiger partial charge in [-0.1, -0.05) is 36.9 Å². The Balaban J connectivity index is 2.91. The molecule has 0 fully saturated rings. The summed E-state index contributed by atoms with van der Waals surface area (Å²) < 4.78 is 4.80. The smallest absolute Gasteiger partial charge is 0.344 e. The third-order valence-corrected chi connectivity index (χ3v) is 2.07. The van der Waals surface area contributed by atoms with Crippen LogP contribution >= 0.6 is 0 Å². The molecule has 0 saturated carbocycles. The Morgan fingerprint density at radius 3 is 2.62 bits per heavy atom. The predicted molar refractivity (Wildman–Crippen MR) is 60.7 cm³/mol. The van der Waals surface area contributed by atoms with Gasteiger partial charge in [0.2, 0.25) is 0 Å². The second-order valence-corrected chi connectivity index (χ2v) is 3.12. The van der Waals surface area contributed by atoms with Crippen LogP contribution in [-0.4, -0.2) is 17.7 Å². The molecule has 0 heterocycles. The second-order valence-electron chi connectivity index (χ2n) is 3.12. The number of benzene rings is 1. The highest BCUT2D eigenvalue weighted by Crippen LogP contribution is 2.21. The van der Waals surface area contributed by atoms with Crippen molar-refractivity contribution in [3.8, 4) is 0 Å². The van der Waals surface area contributed by atoms with Crippen molar-refractivity contribution in [2.45, 2.75) is 13.0 Å². The number of carbonyl (C=O) groups is 1. The zero-order chi connectivity index (χ0) is 12.0. The molecule has 0 amide bonds. The van der Waals surface area contributed by atoms with Crippen LogP contribution in [-0.2, 0) is 9.53 Å². The molecule has 3 nitrogen and oxygen atoms in total. The summed E-state index contributed by atoms with van der Waals surface area (Å²) in [6.45, 7) is 5.35. The summed E-state index contributed by atoms with van der Waals surface area (Å²) >= 11 is 0. The number of aliphatic hydroxyl groups excluding tert-OH is 1. The van der Waals surface area contributed by atoms with Crippen LogP contribution in [0.15, 0.2) is 48.2 Å². The maximum absolute atomic E-state index is 11.5. The molecule has 16 heavy (non-hydrogen) atoms. The van der Waals surface area contributed by atoms with Crippen molar-refractivity contribution < 1.29 is 14.6 Å². The van der Waals surface area contributed by atoms with E-state index in [1.54, 1.807) is 31.2 Å². The van der Waals surface area contributed by atoms with Crippen molar-refractivity contribution >= 4 is 5.97 Å². The number of esters is 1. The summed E-state index contributed by atoms with van der Waals surface area (Å²) in [6, 6.07) is 8.84. The molecule has 0 bridgehead atoms. The van der Waals surface area contributed by atoms with Crippen LogP contribution in [0.5, 0.6) is 0 Å². The van der Waals surface area contributed by atoms with Crippen molar-refractivity contribution in [3.05, 3.63) is 53.8 Å². The normalized spacial score (nSPS) is 11.4. The molecule has 0 aliphatic rings. The van der Waals surface area contributed by atoms with Gasteiger partial charge in [0.05, 0.1) is 6.61 Å². The Morgan fingerprint density at radius 1 is 1.50 bits per heavy atom. The quantitative estimate of drug-likeness (QED) is 0.477. The topological polar surface area (TPSA) is 46.5 Å². The molecular weight excluding hydrogens is 204 g/mol. The highest BCUT2D eigenvalue weighted by molar-refractivity contribution is 5.89. The van der Waals surface area contributed by atoms with Crippen LogP contribution in [0.1, 0.15) is 18.6 Å². The molecule has 1 unspecified atom stereocenters. The van der Waals surface area contributed by atoms with Gasteiger partial charge in [0.1, 0.15) is 11.7 Å². The fourth-order valence-corrected chi connectivity index (χ4v) is 1.29. The van der Waals surface area contributed by atoms with Gasteiger partial charge in [-0.3, -0.25) is 0 Å². The van der Waals surface area contributed by atoms with Crippen molar-refractivity contribution in [2.24, 2.45) is 0 Å². The first-order chi connectivity index (χ1) is 7.70. The van der Waals surface area contributed by atoms with Crippen LogP contribution in [0.2, 0.25) is 0 Å². The minimum atomic E-state index is -1.04. The van der Waals surface area contributed by atoms with Crippen molar-refractivity contribution in [1.29, 1.82) is 0 Å². The molecule has 84 valence electrons. The maximum Gasteiger partial charge on any atom is 0.344 e. The van der Waals surface area contributed by atoms with Gasteiger partial charge in [-0.15, -0.1) is 5.73 Å². The number of aliphatic hydroxyl groups is 1. The largest absolute Gasteiger partial charge is 0.462 e. The van der Waals surface area contributed by atoms with E-state index in [-0.39, 0.29) is 12.2 Å². The Morgan fingerprint density at radius 2 is 2.12 bits per heavy atom. The summed E-state index contributed by atoms with van der Waals surface area (Å²) in [5.74, 6) is -0.589. The van der Waals surface area contributed by atoms with Crippen LogP contribution in [0, 0.1) is 0 Å². The van der Waals surface area contributed by atoms with Crippen molar-refractivity contribution in [3.63, 3.8) is 0 Å². The Labute approximate surface area is 94.7 Å². The molecule has 1 aromatic carbocycles. The zero-order valence-corrected chi connectivity index (χ0v) is 9.14. The minimum absolute atomic E-state index is 0.0352. The summed E-state index contributed by atoms with van der Waals surface area (Å²) in [7, 11) is 0. The van der Waals surface area contributed by atoms with Crippen LogP contribution in [0.3, 0.4) is 0 Å². The first-order valence-electron chi connectivity index (χ1n) is 5.00. The molecule has 3 heteroatoms. The lowest BCUT2D eigenvalue weighted by atomic mass is 10.0. The molecule has 1 aromatic rings. The average molecular weight is 218 g/mol. The highest BCUT2D eigenvalue weighted by Gasteiger charge is 2.20. The van der Waals surface area contributed by atoms with Gasteiger partial charge in [0.15, 0.2) is 0 Å². The van der Waals surface area contributed by atoms with Crippen LogP contribution < -0.4 is 0 Å². The number of carbonyl (C=O) groups excluding carboxylic acids is 1. The Bertz CT molecular complexity index is 402. The summed E-state index contributed by atoms with van der Waals surface area (Å²) in [5, 5.41) is 9.94. The first-order valence-corrected chi connectivity index (χ1v) is 5.00. The highest BCUT2D eigenvalue weighted by atomic mass is 16.5. The number of hydrogen-bond acceptors (Lipinski definition) is 3. The fourth-order valence-electron chi connectivity index (χ4n) is 1.29. The van der Waals surface area contributed by atoms with E-state index in [0.29, 0.717) is 5.56 Å². The van der Waals surface area contributed by atoms with Crippen molar-refractivity contribution in [1.82, 2.24) is 0 Å². The van der Waals surface area contributed by atoms with E-state index in [2.05, 4.69) is 12.3 Å². The van der Waals surface area contributed by atoms with Gasteiger partial charge in [0, 0.05) is 0 Å². The zero-order valence-electron chi connectivity index (χ0n) is 9.14. The average Bonchev–Trinajstić information content (AvgIpc) is 2.31. The lowest BCUT2D eigenvalue weighted by molar-refractivity contribution is -0.139. The van der Waals surface area contributed by atoms with Gasteiger partial charge in [0.25, 0.3) is 0 Å². The van der Waals surface area contributed by atoms with E-state index >= 15 is 0 Å². The molecule has 1 atom stereocenters. The van der Waals surface area contributed by atoms with E-state index in [4.69, 9.17) is 4.74 Å². The Kier molecular flexibility index (Phi) is 4.52. The van der Waals surface area contributed by atoms with Crippen molar-refractivity contribution in [2.75, 3.05) is 6.61 Å². The monoisotopic (exact) mass is 218 g/mol. The second kappa shape index (κ2) is 5.91. The van der Waals surface area contributed by atoms with E-state index in [1.807, 2.05) is 6.07 Å². The van der Waals surface area contributed by atoms with E-state index in [9.17, 15) is 9.90 Å². The molecule has 1 N–H and O–H groups in total. The van der Waals surface area contributed by atoms with E-state index < -0.39 is 12.1 Å². The first kappa shape index (κ1) is 12.2.